The van der Waals surface area contributed by atoms with Gasteiger partial charge in [0.1, 0.15) is 17.3 Å². The Morgan fingerprint density at radius 2 is 1.38 bits per heavy atom. The second kappa shape index (κ2) is 11.5. The molecule has 3 nitrogen and oxygen atoms in total. The van der Waals surface area contributed by atoms with Crippen molar-refractivity contribution in [2.75, 3.05) is 20.3 Å². The van der Waals surface area contributed by atoms with E-state index in [9.17, 15) is 0 Å². The molecule has 1 aromatic carbocycles. The van der Waals surface area contributed by atoms with Crippen LogP contribution in [-0.4, -0.2) is 20.3 Å². The molecule has 3 heteroatoms. The molecule has 0 heterocycles. The first-order chi connectivity index (χ1) is 12.4. The molecule has 0 aliphatic rings. The minimum absolute atomic E-state index is 0.475. The van der Waals surface area contributed by atoms with E-state index in [2.05, 4.69) is 40.9 Å². The highest BCUT2D eigenvalue weighted by atomic mass is 16.5. The van der Waals surface area contributed by atoms with Gasteiger partial charge in [0.2, 0.25) is 0 Å². The third kappa shape index (κ3) is 7.38. The highest BCUT2D eigenvalue weighted by Gasteiger charge is 2.13. The number of benzene rings is 1. The molecule has 0 fully saturated rings. The number of ether oxygens (including phenoxy) is 3. The van der Waals surface area contributed by atoms with E-state index in [1.807, 2.05) is 30.3 Å². The first-order valence-electron chi connectivity index (χ1n) is 9.41. The first kappa shape index (κ1) is 21.9. The molecule has 0 bridgehead atoms. The summed E-state index contributed by atoms with van der Waals surface area (Å²) in [6.45, 7) is 18.1. The van der Waals surface area contributed by atoms with Crippen molar-refractivity contribution in [3.05, 3.63) is 60.1 Å². The fourth-order valence-electron chi connectivity index (χ4n) is 2.06. The molecule has 0 N–H and O–H groups in total. The minimum atomic E-state index is 0.475. The molecule has 2 unspecified atom stereocenters. The van der Waals surface area contributed by atoms with E-state index in [-0.39, 0.29) is 0 Å². The van der Waals surface area contributed by atoms with Crippen molar-refractivity contribution in [2.45, 2.75) is 40.5 Å². The summed E-state index contributed by atoms with van der Waals surface area (Å²) in [6.07, 6.45) is 4.13. The van der Waals surface area contributed by atoms with E-state index in [4.69, 9.17) is 14.2 Å². The normalized spacial score (nSPS) is 12.7. The van der Waals surface area contributed by atoms with E-state index in [1.165, 1.54) is 0 Å². The van der Waals surface area contributed by atoms with Gasteiger partial charge in [-0.05, 0) is 35.6 Å². The SMILES string of the molecule is C=C(OCC(C)CC)C(=Cc1ccc(OC)cc1)C(=C)OCC(C)CC. The lowest BCUT2D eigenvalue weighted by molar-refractivity contribution is 0.157. The topological polar surface area (TPSA) is 27.7 Å². The van der Waals surface area contributed by atoms with Crippen LogP contribution in [-0.2, 0) is 9.47 Å². The summed E-state index contributed by atoms with van der Waals surface area (Å²) >= 11 is 0. The number of hydrogen-bond acceptors (Lipinski definition) is 3. The molecule has 1 aromatic rings. The lowest BCUT2D eigenvalue weighted by Crippen LogP contribution is -2.09. The Bertz CT molecular complexity index is 570. The van der Waals surface area contributed by atoms with Crippen LogP contribution < -0.4 is 4.74 Å². The van der Waals surface area contributed by atoms with E-state index >= 15 is 0 Å². The molecular weight excluding hydrogens is 324 g/mol. The zero-order chi connectivity index (χ0) is 19.5. The molecule has 0 spiro atoms. The predicted molar refractivity (Wildman–Crippen MR) is 110 cm³/mol. The quantitative estimate of drug-likeness (QED) is 0.327. The second-order valence-electron chi connectivity index (χ2n) is 6.83. The van der Waals surface area contributed by atoms with Crippen LogP contribution in [0.3, 0.4) is 0 Å². The van der Waals surface area contributed by atoms with Crippen LogP contribution in [0, 0.1) is 11.8 Å². The fourth-order valence-corrected chi connectivity index (χ4v) is 2.06. The second-order valence-corrected chi connectivity index (χ2v) is 6.83. The van der Waals surface area contributed by atoms with E-state index in [0.717, 1.165) is 29.7 Å². The van der Waals surface area contributed by atoms with E-state index in [0.29, 0.717) is 36.6 Å². The summed E-state index contributed by atoms with van der Waals surface area (Å²) in [4.78, 5) is 0. The smallest absolute Gasteiger partial charge is 0.123 e. The van der Waals surface area contributed by atoms with Crippen molar-refractivity contribution in [2.24, 2.45) is 11.8 Å². The van der Waals surface area contributed by atoms with Gasteiger partial charge < -0.3 is 14.2 Å². The summed E-state index contributed by atoms with van der Waals surface area (Å²) in [5.41, 5.74) is 1.81. The van der Waals surface area contributed by atoms with Gasteiger partial charge in [0.25, 0.3) is 0 Å². The maximum Gasteiger partial charge on any atom is 0.123 e. The molecule has 0 aliphatic carbocycles. The summed E-state index contributed by atoms with van der Waals surface area (Å²) in [7, 11) is 1.66. The van der Waals surface area contributed by atoms with Crippen molar-refractivity contribution in [3.63, 3.8) is 0 Å². The molecule has 0 aliphatic heterocycles. The van der Waals surface area contributed by atoms with Gasteiger partial charge in [-0.25, -0.2) is 0 Å². The van der Waals surface area contributed by atoms with Gasteiger partial charge in [0, 0.05) is 0 Å². The molecule has 2 atom stereocenters. The van der Waals surface area contributed by atoms with Crippen LogP contribution in [0.15, 0.2) is 54.5 Å². The zero-order valence-corrected chi connectivity index (χ0v) is 17.0. The molecule has 0 saturated heterocycles. The molecule has 0 amide bonds. The number of rotatable bonds is 12. The van der Waals surface area contributed by atoms with Gasteiger partial charge in [-0.2, -0.15) is 0 Å². The van der Waals surface area contributed by atoms with Gasteiger partial charge in [0.05, 0.1) is 25.9 Å². The Balaban J connectivity index is 2.96. The zero-order valence-electron chi connectivity index (χ0n) is 17.0. The molecule has 0 aromatic heterocycles. The number of hydrogen-bond donors (Lipinski definition) is 0. The maximum atomic E-state index is 5.90. The Morgan fingerprint density at radius 1 is 0.923 bits per heavy atom. The van der Waals surface area contributed by atoms with Crippen molar-refractivity contribution in [1.82, 2.24) is 0 Å². The van der Waals surface area contributed by atoms with Crippen LogP contribution in [0.5, 0.6) is 5.75 Å². The Labute approximate surface area is 159 Å². The molecule has 26 heavy (non-hydrogen) atoms. The summed E-state index contributed by atoms with van der Waals surface area (Å²) in [5, 5.41) is 0. The third-order valence-electron chi connectivity index (χ3n) is 4.51. The van der Waals surface area contributed by atoms with Gasteiger partial charge in [-0.3, -0.25) is 0 Å². The maximum absolute atomic E-state index is 5.90. The fraction of sp³-hybridized carbons (Fsp3) is 0.478. The standard InChI is InChI=1S/C23H34O3/c1-8-17(3)15-25-19(5)23(20(6)26-16-18(4)9-2)14-21-10-12-22(24-7)13-11-21/h10-14,17-18H,5-6,8-9,15-16H2,1-4,7H3. The average Bonchev–Trinajstić information content (AvgIpc) is 2.68. The predicted octanol–water partition coefficient (Wildman–Crippen LogP) is 6.23. The first-order valence-corrected chi connectivity index (χ1v) is 9.41. The van der Waals surface area contributed by atoms with Crippen molar-refractivity contribution in [3.8, 4) is 5.75 Å². The summed E-state index contributed by atoms with van der Waals surface area (Å²) < 4.78 is 17.0. The number of methoxy groups -OCH3 is 1. The van der Waals surface area contributed by atoms with Gasteiger partial charge in [-0.1, -0.05) is 65.8 Å². The Kier molecular flexibility index (Phi) is 9.64. The van der Waals surface area contributed by atoms with Crippen LogP contribution in [0.1, 0.15) is 46.1 Å². The summed E-state index contributed by atoms with van der Waals surface area (Å²) in [6, 6.07) is 7.83. The molecule has 0 saturated carbocycles. The average molecular weight is 359 g/mol. The molecule has 0 radical (unpaired) electrons. The van der Waals surface area contributed by atoms with Gasteiger partial charge in [-0.15, -0.1) is 0 Å². The van der Waals surface area contributed by atoms with Crippen LogP contribution >= 0.6 is 0 Å². The molecular formula is C23H34O3. The van der Waals surface area contributed by atoms with Crippen molar-refractivity contribution < 1.29 is 14.2 Å². The molecule has 144 valence electrons. The monoisotopic (exact) mass is 358 g/mol. The van der Waals surface area contributed by atoms with Crippen molar-refractivity contribution in [1.29, 1.82) is 0 Å². The highest BCUT2D eigenvalue weighted by Crippen LogP contribution is 2.25. The van der Waals surface area contributed by atoms with Gasteiger partial charge >= 0.3 is 0 Å². The lowest BCUT2D eigenvalue weighted by atomic mass is 10.1. The van der Waals surface area contributed by atoms with Crippen molar-refractivity contribution >= 4 is 6.08 Å². The van der Waals surface area contributed by atoms with Gasteiger partial charge in [0.15, 0.2) is 0 Å². The van der Waals surface area contributed by atoms with Crippen LogP contribution in [0.2, 0.25) is 0 Å². The minimum Gasteiger partial charge on any atom is -0.497 e. The third-order valence-corrected chi connectivity index (χ3v) is 4.51. The Hall–Kier alpha value is -2.16. The van der Waals surface area contributed by atoms with E-state index in [1.54, 1.807) is 7.11 Å². The van der Waals surface area contributed by atoms with E-state index < -0.39 is 0 Å². The van der Waals surface area contributed by atoms with Crippen LogP contribution in [0.25, 0.3) is 6.08 Å². The molecule has 1 rings (SSSR count). The lowest BCUT2D eigenvalue weighted by Gasteiger charge is -2.19. The summed E-state index contributed by atoms with van der Waals surface area (Å²) in [5.74, 6) is 2.96. The van der Waals surface area contributed by atoms with Crippen LogP contribution in [0.4, 0.5) is 0 Å². The Morgan fingerprint density at radius 3 is 1.77 bits per heavy atom. The highest BCUT2D eigenvalue weighted by molar-refractivity contribution is 5.62. The largest absolute Gasteiger partial charge is 0.497 e.